The van der Waals surface area contributed by atoms with E-state index in [9.17, 15) is 14.5 Å². The molecule has 130 valence electrons. The Hall–Kier alpha value is -0.500. The van der Waals surface area contributed by atoms with Gasteiger partial charge in [-0.3, -0.25) is 0 Å². The van der Waals surface area contributed by atoms with Gasteiger partial charge >= 0.3 is 6.09 Å². The second-order valence-electron chi connectivity index (χ2n) is 7.16. The van der Waals surface area contributed by atoms with Crippen molar-refractivity contribution in [2.24, 2.45) is 5.92 Å². The Morgan fingerprint density at radius 3 is 2.23 bits per heavy atom. The van der Waals surface area contributed by atoms with E-state index in [1.54, 1.807) is 6.92 Å². The molecule has 0 aromatic heterocycles. The van der Waals surface area contributed by atoms with E-state index in [-0.39, 0.29) is 10.8 Å². The lowest BCUT2D eigenvalue weighted by atomic mass is 9.90. The van der Waals surface area contributed by atoms with Crippen molar-refractivity contribution in [3.8, 4) is 0 Å². The fourth-order valence-electron chi connectivity index (χ4n) is 2.81. The molecule has 7 heteroatoms. The molecular formula is C15H30N2O4S. The molecule has 0 bridgehead atoms. The molecule has 1 saturated heterocycles. The normalized spacial score (nSPS) is 21.7. The summed E-state index contributed by atoms with van der Waals surface area (Å²) in [5.41, 5.74) is 0. The van der Waals surface area contributed by atoms with Gasteiger partial charge in [-0.25, -0.2) is 4.79 Å². The van der Waals surface area contributed by atoms with Crippen LogP contribution in [0.4, 0.5) is 4.79 Å². The minimum absolute atomic E-state index is 0.0469. The van der Waals surface area contributed by atoms with Gasteiger partial charge in [0.05, 0.1) is 18.7 Å². The second-order valence-corrected chi connectivity index (χ2v) is 9.35. The van der Waals surface area contributed by atoms with Gasteiger partial charge in [-0.15, -0.1) is 4.31 Å². The number of hydrogen-bond donors (Lipinski definition) is 2. The van der Waals surface area contributed by atoms with Gasteiger partial charge in [-0.1, -0.05) is 0 Å². The van der Waals surface area contributed by atoms with Crippen LogP contribution in [0.25, 0.3) is 0 Å². The van der Waals surface area contributed by atoms with Crippen LogP contribution in [0.5, 0.6) is 0 Å². The summed E-state index contributed by atoms with van der Waals surface area (Å²) < 4.78 is 14.3. The number of carbonyl (C=O) groups is 1. The maximum atomic E-state index is 12.8. The average molecular weight is 334 g/mol. The minimum Gasteiger partial charge on any atom is -0.597 e. The maximum Gasteiger partial charge on any atom is 0.407 e. The molecule has 1 amide bonds. The Kier molecular flexibility index (Phi) is 6.98. The number of aliphatic hydroxyl groups is 1. The molecule has 0 spiro atoms. The Labute approximate surface area is 136 Å². The van der Waals surface area contributed by atoms with Crippen LogP contribution in [-0.2, 0) is 11.4 Å². The summed E-state index contributed by atoms with van der Waals surface area (Å²) in [5, 5.41) is 18.8. The molecule has 1 fully saturated rings. The zero-order valence-corrected chi connectivity index (χ0v) is 15.1. The van der Waals surface area contributed by atoms with E-state index in [0.29, 0.717) is 25.6 Å². The van der Waals surface area contributed by atoms with E-state index in [0.717, 1.165) is 12.8 Å². The third kappa shape index (κ3) is 5.30. The van der Waals surface area contributed by atoms with Crippen LogP contribution in [0.15, 0.2) is 0 Å². The van der Waals surface area contributed by atoms with Gasteiger partial charge < -0.3 is 19.7 Å². The summed E-state index contributed by atoms with van der Waals surface area (Å²) in [6.07, 6.45) is 0.119. The van der Waals surface area contributed by atoms with E-state index in [2.05, 4.69) is 0 Å². The summed E-state index contributed by atoms with van der Waals surface area (Å²) in [5.74, 6) is 0.292. The number of nitrogens with zero attached hydrogens (tertiary/aromatic N) is 2. The van der Waals surface area contributed by atoms with Crippen molar-refractivity contribution >= 4 is 17.5 Å². The van der Waals surface area contributed by atoms with E-state index in [1.165, 1.54) is 4.90 Å². The van der Waals surface area contributed by atoms with Gasteiger partial charge in [0.25, 0.3) is 0 Å². The van der Waals surface area contributed by atoms with E-state index in [1.807, 2.05) is 32.0 Å². The molecule has 0 aromatic carbocycles. The van der Waals surface area contributed by atoms with Crippen LogP contribution in [0, 0.1) is 5.92 Å². The number of amides is 1. The lowest BCUT2D eigenvalue weighted by Gasteiger charge is -2.41. The van der Waals surface area contributed by atoms with Crippen molar-refractivity contribution < 1.29 is 19.6 Å². The van der Waals surface area contributed by atoms with Crippen molar-refractivity contribution in [3.63, 3.8) is 0 Å². The van der Waals surface area contributed by atoms with Gasteiger partial charge in [0.2, 0.25) is 0 Å². The zero-order valence-electron chi connectivity index (χ0n) is 14.3. The summed E-state index contributed by atoms with van der Waals surface area (Å²) in [6.45, 7) is 10.9. The van der Waals surface area contributed by atoms with E-state index in [4.69, 9.17) is 5.11 Å². The highest BCUT2D eigenvalue weighted by Gasteiger charge is 2.40. The molecule has 1 rings (SSSR count). The van der Waals surface area contributed by atoms with E-state index >= 15 is 0 Å². The molecule has 22 heavy (non-hydrogen) atoms. The molecular weight excluding hydrogens is 304 g/mol. The lowest BCUT2D eigenvalue weighted by molar-refractivity contribution is 0.0946. The van der Waals surface area contributed by atoms with Gasteiger partial charge in [0, 0.05) is 24.5 Å². The molecule has 0 radical (unpaired) electrons. The Morgan fingerprint density at radius 1 is 1.36 bits per heavy atom. The number of likely N-dealkylation sites (tertiary alicyclic amines) is 1. The smallest absolute Gasteiger partial charge is 0.407 e. The summed E-state index contributed by atoms with van der Waals surface area (Å²) in [6, 6.07) is 0.0469. The highest BCUT2D eigenvalue weighted by atomic mass is 32.2. The Morgan fingerprint density at radius 2 is 1.86 bits per heavy atom. The predicted octanol–water partition coefficient (Wildman–Crippen LogP) is 1.91. The Balaban J connectivity index is 2.76. The number of piperidine rings is 1. The average Bonchev–Trinajstić information content (AvgIpc) is 2.42. The molecule has 1 heterocycles. The SMILES string of the molecule is C[C@H](O)CN([C@@H](C)C1CCN(C(=O)O)CC1)[S+]([O-])C(C)(C)C. The second kappa shape index (κ2) is 7.86. The first kappa shape index (κ1) is 19.5. The number of aliphatic hydroxyl groups excluding tert-OH is 1. The largest absolute Gasteiger partial charge is 0.597 e. The summed E-state index contributed by atoms with van der Waals surface area (Å²) in [4.78, 5) is 12.4. The first-order chi connectivity index (χ1) is 10.0. The van der Waals surface area contributed by atoms with Crippen LogP contribution in [0.2, 0.25) is 0 Å². The quantitative estimate of drug-likeness (QED) is 0.750. The monoisotopic (exact) mass is 334 g/mol. The fraction of sp³-hybridized carbons (Fsp3) is 0.933. The van der Waals surface area contributed by atoms with Crippen molar-refractivity contribution in [1.29, 1.82) is 0 Å². The molecule has 3 atom stereocenters. The molecule has 1 unspecified atom stereocenters. The van der Waals surface area contributed by atoms with Gasteiger partial charge in [-0.2, -0.15) is 0 Å². The maximum absolute atomic E-state index is 12.8. The van der Waals surface area contributed by atoms with Crippen LogP contribution < -0.4 is 0 Å². The summed E-state index contributed by atoms with van der Waals surface area (Å²) in [7, 11) is 0. The topological polar surface area (TPSA) is 87.1 Å². The van der Waals surface area contributed by atoms with Crippen molar-refractivity contribution in [3.05, 3.63) is 0 Å². The fourth-order valence-corrected chi connectivity index (χ4v) is 4.33. The van der Waals surface area contributed by atoms with Crippen LogP contribution in [0.1, 0.15) is 47.5 Å². The van der Waals surface area contributed by atoms with Crippen molar-refractivity contribution in [1.82, 2.24) is 9.21 Å². The van der Waals surface area contributed by atoms with Gasteiger partial charge in [0.1, 0.15) is 4.75 Å². The molecule has 6 nitrogen and oxygen atoms in total. The van der Waals surface area contributed by atoms with Crippen LogP contribution >= 0.6 is 0 Å². The zero-order chi connectivity index (χ0) is 17.1. The number of rotatable bonds is 5. The first-order valence-corrected chi connectivity index (χ1v) is 8.99. The highest BCUT2D eigenvalue weighted by Crippen LogP contribution is 2.30. The summed E-state index contributed by atoms with van der Waals surface area (Å²) >= 11 is -1.20. The van der Waals surface area contributed by atoms with Crippen LogP contribution in [0.3, 0.4) is 0 Å². The number of hydrogen-bond acceptors (Lipinski definition) is 4. The number of carboxylic acid groups (broad SMARTS) is 1. The standard InChI is InChI=1S/C15H30N2O4S/c1-11(18)10-17(22(21)15(3,4)5)12(2)13-6-8-16(9-7-13)14(19)20/h11-13,18H,6-10H2,1-5H3,(H,19,20)/t11-,12-,22?/m0/s1. The van der Waals surface area contributed by atoms with Crippen molar-refractivity contribution in [2.45, 2.75) is 64.4 Å². The first-order valence-electron chi connectivity index (χ1n) is 7.88. The highest BCUT2D eigenvalue weighted by molar-refractivity contribution is 7.90. The molecule has 0 aromatic rings. The predicted molar refractivity (Wildman–Crippen MR) is 88.1 cm³/mol. The molecule has 0 saturated carbocycles. The molecule has 2 N–H and O–H groups in total. The third-order valence-corrected chi connectivity index (χ3v) is 6.08. The molecule has 0 aliphatic carbocycles. The van der Waals surface area contributed by atoms with Gasteiger partial charge in [0.15, 0.2) is 0 Å². The van der Waals surface area contributed by atoms with Crippen LogP contribution in [-0.4, -0.2) is 66.6 Å². The third-order valence-electron chi connectivity index (χ3n) is 4.13. The van der Waals surface area contributed by atoms with E-state index < -0.39 is 23.6 Å². The molecule has 1 aliphatic rings. The van der Waals surface area contributed by atoms with Gasteiger partial charge in [-0.05, 0) is 53.4 Å². The van der Waals surface area contributed by atoms with Crippen molar-refractivity contribution in [2.75, 3.05) is 19.6 Å². The lowest BCUT2D eigenvalue weighted by Crippen LogP contribution is -2.53. The molecule has 1 aliphatic heterocycles. The Bertz CT molecular complexity index is 365. The minimum atomic E-state index is -1.20.